The standard InChI is InChI=1S/C16H22ClN5O2S2/c1-26(23)22-4-2-20(3-5-22)11-12-10-13-14(25-12)15(19-16(17)18-13)21-6-8-24-9-7-21/h10H,2-9,11H2,1H3. The number of fused-ring (bicyclic) bond motifs is 1. The molecule has 26 heavy (non-hydrogen) atoms. The summed E-state index contributed by atoms with van der Waals surface area (Å²) in [5.74, 6) is 0.922. The fourth-order valence-corrected chi connectivity index (χ4v) is 5.37. The Morgan fingerprint density at radius 2 is 1.92 bits per heavy atom. The fourth-order valence-electron chi connectivity index (χ4n) is 3.37. The summed E-state index contributed by atoms with van der Waals surface area (Å²) in [7, 11) is -0.874. The van der Waals surface area contributed by atoms with E-state index >= 15 is 0 Å². The van der Waals surface area contributed by atoms with Crippen molar-refractivity contribution < 1.29 is 8.95 Å². The predicted molar refractivity (Wildman–Crippen MR) is 106 cm³/mol. The number of hydrogen-bond donors (Lipinski definition) is 0. The number of anilines is 1. The van der Waals surface area contributed by atoms with Crippen molar-refractivity contribution in [3.05, 3.63) is 16.2 Å². The van der Waals surface area contributed by atoms with E-state index in [1.165, 1.54) is 4.88 Å². The zero-order chi connectivity index (χ0) is 18.1. The highest BCUT2D eigenvalue weighted by atomic mass is 35.5. The molecular weight excluding hydrogens is 394 g/mol. The molecule has 0 aliphatic carbocycles. The highest BCUT2D eigenvalue weighted by molar-refractivity contribution is 7.81. The van der Waals surface area contributed by atoms with Crippen LogP contribution in [0.15, 0.2) is 6.07 Å². The van der Waals surface area contributed by atoms with Gasteiger partial charge in [0.1, 0.15) is 0 Å². The molecule has 0 N–H and O–H groups in total. The molecule has 0 aromatic carbocycles. The molecule has 1 atom stereocenters. The van der Waals surface area contributed by atoms with Gasteiger partial charge in [0.25, 0.3) is 0 Å². The highest BCUT2D eigenvalue weighted by Crippen LogP contribution is 2.34. The molecule has 2 aliphatic heterocycles. The van der Waals surface area contributed by atoms with Crippen LogP contribution >= 0.6 is 22.9 Å². The van der Waals surface area contributed by atoms with E-state index in [-0.39, 0.29) is 0 Å². The lowest BCUT2D eigenvalue weighted by Gasteiger charge is -2.32. The van der Waals surface area contributed by atoms with Crippen LogP contribution < -0.4 is 4.90 Å². The molecule has 0 radical (unpaired) electrons. The number of thiophene rings is 1. The molecule has 0 bridgehead atoms. The van der Waals surface area contributed by atoms with E-state index in [1.54, 1.807) is 17.6 Å². The number of hydrogen-bond acceptors (Lipinski definition) is 7. The molecule has 0 amide bonds. The van der Waals surface area contributed by atoms with Crippen molar-refractivity contribution in [1.29, 1.82) is 0 Å². The lowest BCUT2D eigenvalue weighted by molar-refractivity contribution is 0.122. The van der Waals surface area contributed by atoms with Gasteiger partial charge in [-0.25, -0.2) is 13.5 Å². The van der Waals surface area contributed by atoms with E-state index in [2.05, 4.69) is 25.8 Å². The second-order valence-corrected chi connectivity index (χ2v) is 9.31. The van der Waals surface area contributed by atoms with E-state index in [1.807, 2.05) is 4.31 Å². The van der Waals surface area contributed by atoms with Crippen LogP contribution in [-0.2, 0) is 22.3 Å². The van der Waals surface area contributed by atoms with Gasteiger partial charge < -0.3 is 9.64 Å². The van der Waals surface area contributed by atoms with Gasteiger partial charge in [0, 0.05) is 56.9 Å². The summed E-state index contributed by atoms with van der Waals surface area (Å²) in [6.45, 7) is 7.50. The second kappa shape index (κ2) is 8.04. The minimum absolute atomic E-state index is 0.294. The molecule has 2 aromatic heterocycles. The molecule has 2 saturated heterocycles. The summed E-state index contributed by atoms with van der Waals surface area (Å²) >= 11 is 7.92. The van der Waals surface area contributed by atoms with E-state index in [4.69, 9.17) is 16.3 Å². The van der Waals surface area contributed by atoms with Crippen LogP contribution in [-0.4, -0.2) is 82.1 Å². The first-order chi connectivity index (χ1) is 12.6. The Morgan fingerprint density at radius 3 is 2.62 bits per heavy atom. The van der Waals surface area contributed by atoms with Crippen molar-refractivity contribution in [1.82, 2.24) is 19.2 Å². The van der Waals surface area contributed by atoms with Crippen LogP contribution in [0, 0.1) is 0 Å². The summed E-state index contributed by atoms with van der Waals surface area (Å²) in [4.78, 5) is 14.8. The smallest absolute Gasteiger partial charge is 0.224 e. The van der Waals surface area contributed by atoms with E-state index < -0.39 is 11.0 Å². The van der Waals surface area contributed by atoms with Gasteiger partial charge in [-0.15, -0.1) is 11.3 Å². The third-order valence-corrected chi connectivity index (χ3v) is 7.13. The first-order valence-corrected chi connectivity index (χ1v) is 11.4. The predicted octanol–water partition coefficient (Wildman–Crippen LogP) is 1.59. The maximum Gasteiger partial charge on any atom is 0.224 e. The molecule has 0 spiro atoms. The van der Waals surface area contributed by atoms with Gasteiger partial charge in [-0.2, -0.15) is 4.98 Å². The number of halogens is 1. The molecule has 10 heteroatoms. The van der Waals surface area contributed by atoms with Crippen LogP contribution in [0.25, 0.3) is 10.2 Å². The van der Waals surface area contributed by atoms with Crippen LogP contribution in [0.2, 0.25) is 5.28 Å². The first-order valence-electron chi connectivity index (χ1n) is 8.69. The summed E-state index contributed by atoms with van der Waals surface area (Å²) in [5.41, 5.74) is 0.916. The van der Waals surface area contributed by atoms with E-state index in [9.17, 15) is 4.21 Å². The fraction of sp³-hybridized carbons (Fsp3) is 0.625. The number of nitrogens with zero attached hydrogens (tertiary/aromatic N) is 5. The number of piperazine rings is 1. The number of rotatable bonds is 4. The van der Waals surface area contributed by atoms with Crippen molar-refractivity contribution in [3.63, 3.8) is 0 Å². The normalized spacial score (nSPS) is 21.4. The lowest BCUT2D eigenvalue weighted by atomic mass is 10.3. The average Bonchev–Trinajstić information content (AvgIpc) is 3.04. The molecule has 2 aliphatic rings. The largest absolute Gasteiger partial charge is 0.378 e. The van der Waals surface area contributed by atoms with Gasteiger partial charge in [0.05, 0.1) is 34.4 Å². The molecule has 1 unspecified atom stereocenters. The quantitative estimate of drug-likeness (QED) is 0.707. The molecular formula is C16H22ClN5O2S2. The Labute approximate surface area is 164 Å². The third kappa shape index (κ3) is 4.02. The molecule has 2 fully saturated rings. The third-order valence-electron chi connectivity index (χ3n) is 4.76. The maximum absolute atomic E-state index is 11.6. The Balaban J connectivity index is 1.53. The molecule has 4 heterocycles. The number of aromatic nitrogens is 2. The van der Waals surface area contributed by atoms with Crippen LogP contribution in [0.4, 0.5) is 5.82 Å². The second-order valence-electron chi connectivity index (χ2n) is 6.47. The topological polar surface area (TPSA) is 61.8 Å². The summed E-state index contributed by atoms with van der Waals surface area (Å²) < 4.78 is 20.1. The van der Waals surface area contributed by atoms with Gasteiger partial charge in [-0.3, -0.25) is 4.90 Å². The minimum Gasteiger partial charge on any atom is -0.378 e. The molecule has 7 nitrogen and oxygen atoms in total. The minimum atomic E-state index is -0.874. The van der Waals surface area contributed by atoms with Crippen LogP contribution in [0.1, 0.15) is 4.88 Å². The lowest BCUT2D eigenvalue weighted by Crippen LogP contribution is -2.46. The SMILES string of the molecule is CS(=O)N1CCN(Cc2cc3nc(Cl)nc(N4CCOCC4)c3s2)CC1. The maximum atomic E-state index is 11.6. The monoisotopic (exact) mass is 415 g/mol. The van der Waals surface area contributed by atoms with Gasteiger partial charge >= 0.3 is 0 Å². The van der Waals surface area contributed by atoms with Crippen molar-refractivity contribution in [2.24, 2.45) is 0 Å². The molecule has 4 rings (SSSR count). The van der Waals surface area contributed by atoms with Gasteiger partial charge in [-0.05, 0) is 17.7 Å². The molecule has 2 aromatic rings. The Hall–Kier alpha value is -0.840. The van der Waals surface area contributed by atoms with E-state index in [0.717, 1.165) is 61.8 Å². The Bertz CT molecular complexity index is 803. The Kier molecular flexibility index (Phi) is 5.72. The van der Waals surface area contributed by atoms with Crippen LogP contribution in [0.5, 0.6) is 0 Å². The molecule has 142 valence electrons. The van der Waals surface area contributed by atoms with Crippen molar-refractivity contribution >= 4 is 50.0 Å². The highest BCUT2D eigenvalue weighted by Gasteiger charge is 2.22. The van der Waals surface area contributed by atoms with E-state index in [0.29, 0.717) is 18.5 Å². The van der Waals surface area contributed by atoms with Crippen molar-refractivity contribution in [2.45, 2.75) is 6.54 Å². The summed E-state index contributed by atoms with van der Waals surface area (Å²) in [6.07, 6.45) is 1.75. The summed E-state index contributed by atoms with van der Waals surface area (Å²) in [5, 5.41) is 0.294. The zero-order valence-corrected chi connectivity index (χ0v) is 17.1. The van der Waals surface area contributed by atoms with Crippen molar-refractivity contribution in [3.8, 4) is 0 Å². The van der Waals surface area contributed by atoms with Gasteiger partial charge in [-0.1, -0.05) is 0 Å². The average molecular weight is 416 g/mol. The van der Waals surface area contributed by atoms with Gasteiger partial charge in [0.15, 0.2) is 5.82 Å². The summed E-state index contributed by atoms with van der Waals surface area (Å²) in [6, 6.07) is 2.13. The zero-order valence-electron chi connectivity index (χ0n) is 14.7. The van der Waals surface area contributed by atoms with Crippen molar-refractivity contribution in [2.75, 3.05) is 63.6 Å². The first kappa shape index (κ1) is 18.5. The van der Waals surface area contributed by atoms with Crippen LogP contribution in [0.3, 0.4) is 0 Å². The Morgan fingerprint density at radius 1 is 1.19 bits per heavy atom. The number of morpholine rings is 1. The number of ether oxygens (including phenoxy) is 1. The molecule has 0 saturated carbocycles. The van der Waals surface area contributed by atoms with Gasteiger partial charge in [0.2, 0.25) is 5.28 Å².